The summed E-state index contributed by atoms with van der Waals surface area (Å²) in [6, 6.07) is 0. The van der Waals surface area contributed by atoms with Gasteiger partial charge in [-0.3, -0.25) is 4.79 Å². The minimum absolute atomic E-state index is 0.215. The molecule has 2 rings (SSSR count). The average Bonchev–Trinajstić information content (AvgIpc) is 2.20. The Morgan fingerprint density at radius 2 is 2.24 bits per heavy atom. The smallest absolute Gasteiger partial charge is 0.232 e. The predicted octanol–water partition coefficient (Wildman–Crippen LogP) is 1.75. The molecule has 1 N–H and O–H groups in total. The second kappa shape index (κ2) is 5.19. The minimum atomic E-state index is -0.506. The van der Waals surface area contributed by atoms with Crippen LogP contribution in [-0.4, -0.2) is 46.6 Å². The average molecular weight is 257 g/mol. The van der Waals surface area contributed by atoms with Crippen molar-refractivity contribution in [1.29, 1.82) is 0 Å². The summed E-state index contributed by atoms with van der Waals surface area (Å²) in [5.74, 6) is 1.48. The second-order valence-electron chi connectivity index (χ2n) is 5.54. The van der Waals surface area contributed by atoms with Gasteiger partial charge < -0.3 is 10.0 Å². The fraction of sp³-hybridized carbons (Fsp3) is 0.923. The van der Waals surface area contributed by atoms with Crippen LogP contribution in [0.4, 0.5) is 0 Å². The van der Waals surface area contributed by atoms with Crippen LogP contribution in [0.3, 0.4) is 0 Å². The van der Waals surface area contributed by atoms with Crippen molar-refractivity contribution in [1.82, 2.24) is 4.90 Å². The highest BCUT2D eigenvalue weighted by Crippen LogP contribution is 2.44. The van der Waals surface area contributed by atoms with E-state index in [1.54, 1.807) is 11.8 Å². The standard InChI is InChI=1S/C13H23NO2S/c1-10-8-14(12(15)9-17-2)7-6-13(10,16)11-4-3-5-11/h10-11,16H,3-9H2,1-2H3/t10-,13+/m1/s1. The van der Waals surface area contributed by atoms with E-state index < -0.39 is 5.60 Å². The Morgan fingerprint density at radius 3 is 2.71 bits per heavy atom. The van der Waals surface area contributed by atoms with Crippen molar-refractivity contribution in [2.24, 2.45) is 11.8 Å². The van der Waals surface area contributed by atoms with E-state index in [1.807, 2.05) is 11.2 Å². The van der Waals surface area contributed by atoms with Gasteiger partial charge in [0.05, 0.1) is 11.4 Å². The first kappa shape index (κ1) is 13.2. The van der Waals surface area contributed by atoms with E-state index in [2.05, 4.69) is 6.92 Å². The molecule has 0 unspecified atom stereocenters. The van der Waals surface area contributed by atoms with E-state index in [9.17, 15) is 9.90 Å². The summed E-state index contributed by atoms with van der Waals surface area (Å²) in [6.07, 6.45) is 6.31. The number of hydrogen-bond donors (Lipinski definition) is 1. The lowest BCUT2D eigenvalue weighted by Gasteiger charge is -2.50. The molecular formula is C13H23NO2S. The zero-order chi connectivity index (χ0) is 12.5. The van der Waals surface area contributed by atoms with Crippen molar-refractivity contribution in [3.05, 3.63) is 0 Å². The molecule has 1 heterocycles. The zero-order valence-electron chi connectivity index (χ0n) is 10.8. The molecule has 2 fully saturated rings. The molecule has 0 aromatic heterocycles. The first-order valence-electron chi connectivity index (χ1n) is 6.57. The number of carbonyl (C=O) groups is 1. The highest BCUT2D eigenvalue weighted by Gasteiger charge is 2.47. The Kier molecular flexibility index (Phi) is 4.03. The van der Waals surface area contributed by atoms with Crippen LogP contribution in [0.5, 0.6) is 0 Å². The number of hydrogen-bond acceptors (Lipinski definition) is 3. The van der Waals surface area contributed by atoms with Crippen molar-refractivity contribution in [2.75, 3.05) is 25.1 Å². The SMILES string of the molecule is CSCC(=O)N1CC[C@@](O)(C2CCC2)[C@H](C)C1. The maximum absolute atomic E-state index is 11.8. The molecular weight excluding hydrogens is 234 g/mol. The van der Waals surface area contributed by atoms with Gasteiger partial charge in [-0.15, -0.1) is 0 Å². The Hall–Kier alpha value is -0.220. The molecule has 1 saturated heterocycles. The molecule has 0 aromatic rings. The first-order chi connectivity index (χ1) is 8.08. The second-order valence-corrected chi connectivity index (χ2v) is 6.41. The van der Waals surface area contributed by atoms with Crippen molar-refractivity contribution in [3.8, 4) is 0 Å². The van der Waals surface area contributed by atoms with Gasteiger partial charge in [-0.05, 0) is 31.4 Å². The summed E-state index contributed by atoms with van der Waals surface area (Å²) in [4.78, 5) is 13.8. The number of piperidine rings is 1. The molecule has 2 aliphatic rings. The van der Waals surface area contributed by atoms with E-state index >= 15 is 0 Å². The van der Waals surface area contributed by atoms with Gasteiger partial charge in [-0.1, -0.05) is 13.3 Å². The molecule has 1 aliphatic heterocycles. The van der Waals surface area contributed by atoms with Gasteiger partial charge in [-0.25, -0.2) is 0 Å². The molecule has 1 saturated carbocycles. The van der Waals surface area contributed by atoms with E-state index in [0.29, 0.717) is 11.7 Å². The number of aliphatic hydroxyl groups is 1. The highest BCUT2D eigenvalue weighted by molar-refractivity contribution is 7.99. The lowest BCUT2D eigenvalue weighted by atomic mass is 9.65. The summed E-state index contributed by atoms with van der Waals surface area (Å²) in [6.45, 7) is 3.56. The van der Waals surface area contributed by atoms with Crippen LogP contribution < -0.4 is 0 Å². The van der Waals surface area contributed by atoms with Gasteiger partial charge in [0.15, 0.2) is 0 Å². The van der Waals surface area contributed by atoms with Crippen LogP contribution >= 0.6 is 11.8 Å². The van der Waals surface area contributed by atoms with Crippen molar-refractivity contribution < 1.29 is 9.90 Å². The Balaban J connectivity index is 1.94. The fourth-order valence-corrected chi connectivity index (χ4v) is 3.53. The normalized spacial score (nSPS) is 34.5. The molecule has 0 bridgehead atoms. The highest BCUT2D eigenvalue weighted by atomic mass is 32.2. The van der Waals surface area contributed by atoms with Gasteiger partial charge in [0, 0.05) is 19.0 Å². The monoisotopic (exact) mass is 257 g/mol. The van der Waals surface area contributed by atoms with Gasteiger partial charge in [-0.2, -0.15) is 11.8 Å². The van der Waals surface area contributed by atoms with E-state index in [1.165, 1.54) is 19.3 Å². The van der Waals surface area contributed by atoms with E-state index in [-0.39, 0.29) is 11.8 Å². The van der Waals surface area contributed by atoms with Crippen molar-refractivity contribution >= 4 is 17.7 Å². The number of nitrogens with zero attached hydrogens (tertiary/aromatic N) is 1. The number of amides is 1. The van der Waals surface area contributed by atoms with Crippen molar-refractivity contribution in [2.45, 2.75) is 38.2 Å². The Bertz CT molecular complexity index is 293. The van der Waals surface area contributed by atoms with Crippen LogP contribution in [0.15, 0.2) is 0 Å². The van der Waals surface area contributed by atoms with Crippen LogP contribution in [0.25, 0.3) is 0 Å². The first-order valence-corrected chi connectivity index (χ1v) is 7.96. The summed E-state index contributed by atoms with van der Waals surface area (Å²) < 4.78 is 0. The van der Waals surface area contributed by atoms with E-state index in [4.69, 9.17) is 0 Å². The van der Waals surface area contributed by atoms with Crippen LogP contribution in [0, 0.1) is 11.8 Å². The zero-order valence-corrected chi connectivity index (χ0v) is 11.6. The number of thioether (sulfide) groups is 1. The molecule has 1 aliphatic carbocycles. The van der Waals surface area contributed by atoms with Crippen LogP contribution in [-0.2, 0) is 4.79 Å². The summed E-state index contributed by atoms with van der Waals surface area (Å²) in [5.41, 5.74) is -0.506. The molecule has 0 aromatic carbocycles. The third-order valence-corrected chi connectivity index (χ3v) is 5.10. The maximum Gasteiger partial charge on any atom is 0.232 e. The predicted molar refractivity (Wildman–Crippen MR) is 71.0 cm³/mol. The maximum atomic E-state index is 11.8. The Labute approximate surface area is 108 Å². The topological polar surface area (TPSA) is 40.5 Å². The van der Waals surface area contributed by atoms with Crippen molar-refractivity contribution in [3.63, 3.8) is 0 Å². The third kappa shape index (κ3) is 2.48. The number of rotatable bonds is 3. The molecule has 0 radical (unpaired) electrons. The van der Waals surface area contributed by atoms with Gasteiger partial charge in [0.1, 0.15) is 0 Å². The minimum Gasteiger partial charge on any atom is -0.389 e. The van der Waals surface area contributed by atoms with E-state index in [0.717, 1.165) is 19.5 Å². The lowest BCUT2D eigenvalue weighted by molar-refractivity contribution is -0.148. The molecule has 1 amide bonds. The molecule has 2 atom stereocenters. The molecule has 3 nitrogen and oxygen atoms in total. The quantitative estimate of drug-likeness (QED) is 0.837. The molecule has 4 heteroatoms. The fourth-order valence-electron chi connectivity index (χ4n) is 3.10. The van der Waals surface area contributed by atoms with Crippen LogP contribution in [0.2, 0.25) is 0 Å². The number of carbonyl (C=O) groups excluding carboxylic acids is 1. The summed E-state index contributed by atoms with van der Waals surface area (Å²) >= 11 is 1.57. The molecule has 17 heavy (non-hydrogen) atoms. The largest absolute Gasteiger partial charge is 0.389 e. The Morgan fingerprint density at radius 1 is 1.53 bits per heavy atom. The van der Waals surface area contributed by atoms with Gasteiger partial charge in [0.25, 0.3) is 0 Å². The molecule has 98 valence electrons. The van der Waals surface area contributed by atoms with Gasteiger partial charge >= 0.3 is 0 Å². The van der Waals surface area contributed by atoms with Crippen LogP contribution in [0.1, 0.15) is 32.6 Å². The summed E-state index contributed by atoms with van der Waals surface area (Å²) in [7, 11) is 0. The summed E-state index contributed by atoms with van der Waals surface area (Å²) in [5, 5.41) is 10.7. The van der Waals surface area contributed by atoms with Gasteiger partial charge in [0.2, 0.25) is 5.91 Å². The number of likely N-dealkylation sites (tertiary alicyclic amines) is 1. The lowest BCUT2D eigenvalue weighted by Crippen LogP contribution is -2.57. The molecule has 0 spiro atoms. The third-order valence-electron chi connectivity index (χ3n) is 4.56.